The van der Waals surface area contributed by atoms with Crippen molar-refractivity contribution in [2.75, 3.05) is 0 Å². The van der Waals surface area contributed by atoms with Crippen LogP contribution in [0.3, 0.4) is 0 Å². The fourth-order valence-electron chi connectivity index (χ4n) is 5.26. The van der Waals surface area contributed by atoms with Gasteiger partial charge < -0.3 is 14.9 Å². The summed E-state index contributed by atoms with van der Waals surface area (Å²) >= 11 is 6.20. The molecule has 1 atom stereocenters. The number of benzene rings is 2. The Kier molecular flexibility index (Phi) is 6.94. The fourth-order valence-corrected chi connectivity index (χ4v) is 5.46. The number of oxime groups is 1. The summed E-state index contributed by atoms with van der Waals surface area (Å²) in [5.41, 5.74) is 3.20. The SMILES string of the molecule is CC1(c2nc3c([nH]2)CCC(Cl)=C3)CC(c2ccc3c(=O)n(-c4ccc(F)cc4)c(CCCCC(=O)O)nc3c2)=NO1. The predicted molar refractivity (Wildman–Crippen MR) is 153 cm³/mol. The minimum Gasteiger partial charge on any atom is -0.481 e. The van der Waals surface area contributed by atoms with Gasteiger partial charge in [0, 0.05) is 35.6 Å². The van der Waals surface area contributed by atoms with E-state index in [0.29, 0.717) is 59.6 Å². The number of carboxylic acid groups (broad SMARTS) is 1. The molecule has 0 saturated heterocycles. The Bertz CT molecular complexity index is 1790. The molecule has 0 amide bonds. The van der Waals surface area contributed by atoms with Crippen molar-refractivity contribution in [3.8, 4) is 5.69 Å². The molecule has 0 saturated carbocycles. The summed E-state index contributed by atoms with van der Waals surface area (Å²) in [4.78, 5) is 43.5. The monoisotopic (exact) mass is 575 g/mol. The van der Waals surface area contributed by atoms with Gasteiger partial charge in [0.25, 0.3) is 5.56 Å². The molecule has 1 unspecified atom stereocenters. The van der Waals surface area contributed by atoms with Gasteiger partial charge >= 0.3 is 5.97 Å². The number of hydrogen-bond donors (Lipinski definition) is 2. The average Bonchev–Trinajstić information content (AvgIpc) is 3.56. The maximum atomic E-state index is 13.7. The Labute approximate surface area is 239 Å². The summed E-state index contributed by atoms with van der Waals surface area (Å²) in [6, 6.07) is 11.0. The number of aliphatic carboxylic acids is 1. The van der Waals surface area contributed by atoms with Gasteiger partial charge in [0.15, 0.2) is 11.4 Å². The Morgan fingerprint density at radius 2 is 1.98 bits per heavy atom. The van der Waals surface area contributed by atoms with Crippen LogP contribution in [0, 0.1) is 5.82 Å². The normalized spacial score (nSPS) is 18.1. The summed E-state index contributed by atoms with van der Waals surface area (Å²) in [6.07, 6.45) is 5.25. The molecule has 0 spiro atoms. The highest BCUT2D eigenvalue weighted by Crippen LogP contribution is 2.37. The number of H-pyrrole nitrogens is 1. The number of carboxylic acids is 1. The molecule has 0 bridgehead atoms. The van der Waals surface area contributed by atoms with Gasteiger partial charge in [-0.05, 0) is 75.1 Å². The number of imidazole rings is 1. The van der Waals surface area contributed by atoms with Crippen molar-refractivity contribution in [3.63, 3.8) is 0 Å². The van der Waals surface area contributed by atoms with E-state index < -0.39 is 17.4 Å². The molecule has 1 aliphatic carbocycles. The van der Waals surface area contributed by atoms with Gasteiger partial charge in [-0.15, -0.1) is 0 Å². The topological polar surface area (TPSA) is 122 Å². The molecule has 4 aromatic rings. The van der Waals surface area contributed by atoms with E-state index in [1.54, 1.807) is 6.07 Å². The number of aryl methyl sites for hydroxylation is 2. The van der Waals surface area contributed by atoms with Crippen LogP contribution in [0.2, 0.25) is 0 Å². The second kappa shape index (κ2) is 10.6. The van der Waals surface area contributed by atoms with Crippen LogP contribution >= 0.6 is 11.6 Å². The van der Waals surface area contributed by atoms with E-state index >= 15 is 0 Å². The van der Waals surface area contributed by atoms with Gasteiger partial charge in [0.2, 0.25) is 0 Å². The van der Waals surface area contributed by atoms with Crippen LogP contribution in [0.25, 0.3) is 22.7 Å². The second-order valence-electron chi connectivity index (χ2n) is 10.6. The molecule has 210 valence electrons. The average molecular weight is 576 g/mol. The Morgan fingerprint density at radius 3 is 2.76 bits per heavy atom. The number of rotatable bonds is 8. The van der Waals surface area contributed by atoms with Crippen LogP contribution in [0.4, 0.5) is 4.39 Å². The van der Waals surface area contributed by atoms with Crippen LogP contribution in [-0.2, 0) is 28.1 Å². The summed E-state index contributed by atoms with van der Waals surface area (Å²) in [7, 11) is 0. The number of nitrogens with zero attached hydrogens (tertiary/aromatic N) is 4. The first kappa shape index (κ1) is 26.9. The van der Waals surface area contributed by atoms with E-state index in [1.807, 2.05) is 25.1 Å². The number of aromatic amines is 1. The second-order valence-corrected chi connectivity index (χ2v) is 11.0. The number of aromatic nitrogens is 4. The van der Waals surface area contributed by atoms with Crippen LogP contribution in [0.15, 0.2) is 57.4 Å². The van der Waals surface area contributed by atoms with Gasteiger partial charge in [0.05, 0.1) is 28.0 Å². The molecule has 11 heteroatoms. The number of hydrogen-bond acceptors (Lipinski definition) is 6. The first-order chi connectivity index (χ1) is 19.7. The number of unbranched alkanes of at least 4 members (excludes halogenated alkanes) is 1. The third-order valence-electron chi connectivity index (χ3n) is 7.48. The van der Waals surface area contributed by atoms with Gasteiger partial charge in [-0.2, -0.15) is 0 Å². The minimum absolute atomic E-state index is 0.0269. The van der Waals surface area contributed by atoms with Crippen molar-refractivity contribution in [1.29, 1.82) is 0 Å². The van der Waals surface area contributed by atoms with Crippen molar-refractivity contribution < 1.29 is 19.1 Å². The van der Waals surface area contributed by atoms with Gasteiger partial charge in [-0.25, -0.2) is 14.4 Å². The smallest absolute Gasteiger partial charge is 0.303 e. The van der Waals surface area contributed by atoms with Gasteiger partial charge in [0.1, 0.15) is 11.6 Å². The standard InChI is InChI=1S/C30H27ClFN5O4/c1-30(29-34-22-13-7-18(31)15-24(22)35-29)16-25(36-41-30)17-6-12-21-23(14-17)33-26(4-2-3-5-27(38)39)37(28(21)40)20-10-8-19(32)9-11-20/h6,8-12,14-15H,2-5,7,13,16H2,1H3,(H,34,35)(H,38,39). The third-order valence-corrected chi connectivity index (χ3v) is 7.78. The lowest BCUT2D eigenvalue weighted by Gasteiger charge is -2.18. The van der Waals surface area contributed by atoms with Crippen LogP contribution in [-0.4, -0.2) is 36.3 Å². The summed E-state index contributed by atoms with van der Waals surface area (Å²) in [5, 5.41) is 14.6. The zero-order chi connectivity index (χ0) is 28.7. The Hall–Kier alpha value is -4.31. The lowest BCUT2D eigenvalue weighted by molar-refractivity contribution is -0.137. The highest BCUT2D eigenvalue weighted by molar-refractivity contribution is 6.31. The van der Waals surface area contributed by atoms with E-state index in [-0.39, 0.29) is 12.0 Å². The molecule has 41 heavy (non-hydrogen) atoms. The highest BCUT2D eigenvalue weighted by Gasteiger charge is 2.40. The Morgan fingerprint density at radius 1 is 1.17 bits per heavy atom. The molecule has 3 heterocycles. The van der Waals surface area contributed by atoms with Crippen molar-refractivity contribution in [3.05, 3.63) is 92.3 Å². The zero-order valence-corrected chi connectivity index (χ0v) is 23.0. The Balaban J connectivity index is 1.33. The molecule has 2 aromatic carbocycles. The molecular formula is C30H27ClFN5O4. The zero-order valence-electron chi connectivity index (χ0n) is 22.3. The van der Waals surface area contributed by atoms with Gasteiger partial charge in [-0.3, -0.25) is 14.2 Å². The molecule has 2 aliphatic rings. The summed E-state index contributed by atoms with van der Waals surface area (Å²) < 4.78 is 15.1. The first-order valence-corrected chi connectivity index (χ1v) is 13.8. The maximum Gasteiger partial charge on any atom is 0.303 e. The summed E-state index contributed by atoms with van der Waals surface area (Å²) in [6.45, 7) is 1.93. The molecule has 6 rings (SSSR count). The lowest BCUT2D eigenvalue weighted by atomic mass is 9.95. The van der Waals surface area contributed by atoms with E-state index in [0.717, 1.165) is 34.8 Å². The molecule has 2 N–H and O–H groups in total. The van der Waals surface area contributed by atoms with E-state index in [4.69, 9.17) is 31.5 Å². The van der Waals surface area contributed by atoms with Gasteiger partial charge in [-0.1, -0.05) is 22.8 Å². The van der Waals surface area contributed by atoms with E-state index in [2.05, 4.69) is 10.1 Å². The lowest BCUT2D eigenvalue weighted by Crippen LogP contribution is -2.25. The van der Waals surface area contributed by atoms with Crippen molar-refractivity contribution in [2.45, 2.75) is 57.5 Å². The van der Waals surface area contributed by atoms with Crippen LogP contribution in [0.1, 0.15) is 67.6 Å². The van der Waals surface area contributed by atoms with Crippen LogP contribution < -0.4 is 5.56 Å². The minimum atomic E-state index is -0.876. The number of carbonyl (C=O) groups is 1. The molecular weight excluding hydrogens is 549 g/mol. The fraction of sp³-hybridized carbons (Fsp3) is 0.300. The quantitative estimate of drug-likeness (QED) is 0.263. The molecule has 1 aliphatic heterocycles. The highest BCUT2D eigenvalue weighted by atomic mass is 35.5. The maximum absolute atomic E-state index is 13.7. The third kappa shape index (κ3) is 5.27. The molecule has 2 aromatic heterocycles. The molecule has 9 nitrogen and oxygen atoms in total. The predicted octanol–water partition coefficient (Wildman–Crippen LogP) is 5.61. The number of halogens is 2. The van der Waals surface area contributed by atoms with E-state index in [9.17, 15) is 14.0 Å². The number of nitrogens with one attached hydrogen (secondary N) is 1. The largest absolute Gasteiger partial charge is 0.481 e. The van der Waals surface area contributed by atoms with Crippen molar-refractivity contribution in [1.82, 2.24) is 19.5 Å². The summed E-state index contributed by atoms with van der Waals surface area (Å²) in [5.74, 6) is -0.143. The molecule has 0 fully saturated rings. The number of fused-ring (bicyclic) bond motifs is 2. The van der Waals surface area contributed by atoms with Crippen molar-refractivity contribution in [2.24, 2.45) is 5.16 Å². The first-order valence-electron chi connectivity index (χ1n) is 13.4. The van der Waals surface area contributed by atoms with Crippen LogP contribution in [0.5, 0.6) is 0 Å². The number of allylic oxidation sites excluding steroid dienone is 1. The van der Waals surface area contributed by atoms with E-state index in [1.165, 1.54) is 28.8 Å². The van der Waals surface area contributed by atoms with Crippen molar-refractivity contribution >= 4 is 40.3 Å². The molecule has 0 radical (unpaired) electrons.